The Morgan fingerprint density at radius 3 is 2.10 bits per heavy atom. The smallest absolute Gasteiger partial charge is 0.255 e. The van der Waals surface area contributed by atoms with Gasteiger partial charge in [-0.05, 0) is 27.2 Å². The van der Waals surface area contributed by atoms with Crippen LogP contribution in [0.15, 0.2) is 12.2 Å². The molecule has 6 nitrogen and oxygen atoms in total. The number of hydrogen-bond acceptors (Lipinski definition) is 4. The summed E-state index contributed by atoms with van der Waals surface area (Å²) in [4.78, 5) is 36.6. The van der Waals surface area contributed by atoms with Crippen molar-refractivity contribution < 1.29 is 14.4 Å². The van der Waals surface area contributed by atoms with Crippen molar-refractivity contribution in [3.05, 3.63) is 12.2 Å². The van der Waals surface area contributed by atoms with Crippen LogP contribution in [0.1, 0.15) is 41.0 Å². The molecule has 1 rings (SSSR count). The highest BCUT2D eigenvalue weighted by molar-refractivity contribution is 6.13. The maximum Gasteiger partial charge on any atom is 0.255 e. The Bertz CT molecular complexity index is 446. The van der Waals surface area contributed by atoms with Gasteiger partial charge in [-0.1, -0.05) is 13.8 Å². The first kappa shape index (κ1) is 16.4. The molecule has 0 fully saturated rings. The van der Waals surface area contributed by atoms with Gasteiger partial charge in [0.25, 0.3) is 11.8 Å². The third-order valence-corrected chi connectivity index (χ3v) is 3.15. The Kier molecular flexibility index (Phi) is 4.39. The zero-order chi connectivity index (χ0) is 15.7. The Hall–Kier alpha value is -1.69. The number of nitrogens with one attached hydrogen (secondary N) is 1. The van der Waals surface area contributed by atoms with Gasteiger partial charge in [0.05, 0.1) is 5.66 Å². The summed E-state index contributed by atoms with van der Waals surface area (Å²) in [5.41, 5.74) is 4.11. The van der Waals surface area contributed by atoms with Crippen molar-refractivity contribution in [1.82, 2.24) is 10.2 Å². The maximum atomic E-state index is 12.2. The van der Waals surface area contributed by atoms with Gasteiger partial charge < -0.3 is 11.1 Å². The largest absolute Gasteiger partial charge is 0.353 e. The maximum absolute atomic E-state index is 12.2. The van der Waals surface area contributed by atoms with Crippen LogP contribution in [0.2, 0.25) is 0 Å². The molecule has 0 spiro atoms. The summed E-state index contributed by atoms with van der Waals surface area (Å²) in [6, 6.07) is 0.0162. The topological polar surface area (TPSA) is 92.5 Å². The molecule has 1 heterocycles. The molecule has 3 amide bonds. The van der Waals surface area contributed by atoms with Gasteiger partial charge in [0.2, 0.25) is 5.91 Å². The molecule has 6 heteroatoms. The number of nitrogens with two attached hydrogens (primary N) is 1. The normalized spacial score (nSPS) is 18.6. The van der Waals surface area contributed by atoms with Gasteiger partial charge in [-0.15, -0.1) is 0 Å². The number of carbonyl (C=O) groups excluding carboxylic acids is 3. The van der Waals surface area contributed by atoms with E-state index in [4.69, 9.17) is 5.73 Å². The third kappa shape index (κ3) is 3.45. The predicted molar refractivity (Wildman–Crippen MR) is 75.3 cm³/mol. The van der Waals surface area contributed by atoms with E-state index in [-0.39, 0.29) is 18.4 Å². The summed E-state index contributed by atoms with van der Waals surface area (Å²) < 4.78 is 0. The van der Waals surface area contributed by atoms with Crippen LogP contribution >= 0.6 is 0 Å². The molecule has 1 atom stereocenters. The number of rotatable bonds is 5. The second-order valence-corrected chi connectivity index (χ2v) is 6.39. The molecule has 1 aliphatic rings. The first-order valence-corrected chi connectivity index (χ1v) is 6.63. The van der Waals surface area contributed by atoms with Crippen LogP contribution in [0.4, 0.5) is 0 Å². The van der Waals surface area contributed by atoms with Crippen LogP contribution in [0.25, 0.3) is 0 Å². The van der Waals surface area contributed by atoms with E-state index < -0.39 is 22.9 Å². The molecular formula is C14H23N3O3. The minimum absolute atomic E-state index is 0.0162. The standard InChI is InChI=1S/C14H23N3O3/c1-9(2)16-12(20)13(3,4)8-14(5,15)17-10(18)6-7-11(17)19/h6-7,9H,8,15H2,1-5H3,(H,16,20). The van der Waals surface area contributed by atoms with E-state index in [1.807, 2.05) is 13.8 Å². The molecule has 0 aromatic rings. The van der Waals surface area contributed by atoms with Crippen molar-refractivity contribution in [2.45, 2.75) is 52.7 Å². The number of amides is 3. The van der Waals surface area contributed by atoms with Crippen molar-refractivity contribution in [2.75, 3.05) is 0 Å². The lowest BCUT2D eigenvalue weighted by atomic mass is 9.81. The zero-order valence-corrected chi connectivity index (χ0v) is 12.7. The van der Waals surface area contributed by atoms with Crippen molar-refractivity contribution in [3.63, 3.8) is 0 Å². The van der Waals surface area contributed by atoms with Crippen molar-refractivity contribution in [2.24, 2.45) is 11.1 Å². The lowest BCUT2D eigenvalue weighted by molar-refractivity contribution is -0.147. The average molecular weight is 281 g/mol. The first-order valence-electron chi connectivity index (χ1n) is 6.63. The first-order chi connectivity index (χ1) is 8.97. The van der Waals surface area contributed by atoms with E-state index in [0.29, 0.717) is 0 Å². The molecule has 1 unspecified atom stereocenters. The quantitative estimate of drug-likeness (QED) is 0.719. The molecule has 0 radical (unpaired) electrons. The highest BCUT2D eigenvalue weighted by atomic mass is 16.2. The highest BCUT2D eigenvalue weighted by Gasteiger charge is 2.43. The van der Waals surface area contributed by atoms with Crippen LogP contribution < -0.4 is 11.1 Å². The van der Waals surface area contributed by atoms with Crippen LogP contribution in [0, 0.1) is 5.41 Å². The van der Waals surface area contributed by atoms with Crippen LogP contribution in [-0.2, 0) is 14.4 Å². The molecule has 0 saturated carbocycles. The van der Waals surface area contributed by atoms with Crippen molar-refractivity contribution in [3.8, 4) is 0 Å². The number of carbonyl (C=O) groups is 3. The number of imide groups is 1. The van der Waals surface area contributed by atoms with Crippen molar-refractivity contribution >= 4 is 17.7 Å². The molecule has 0 bridgehead atoms. The van der Waals surface area contributed by atoms with Gasteiger partial charge in [-0.2, -0.15) is 0 Å². The van der Waals surface area contributed by atoms with Gasteiger partial charge in [-0.25, -0.2) is 0 Å². The molecule has 0 saturated heterocycles. The Labute approximate surface area is 119 Å². The molecule has 0 aromatic carbocycles. The number of nitrogens with zero attached hydrogens (tertiary/aromatic N) is 1. The monoisotopic (exact) mass is 281 g/mol. The zero-order valence-electron chi connectivity index (χ0n) is 12.7. The molecular weight excluding hydrogens is 258 g/mol. The summed E-state index contributed by atoms with van der Waals surface area (Å²) in [5, 5.41) is 2.82. The molecule has 0 aromatic heterocycles. The van der Waals surface area contributed by atoms with E-state index in [0.717, 1.165) is 4.90 Å². The fourth-order valence-electron chi connectivity index (χ4n) is 2.42. The summed E-state index contributed by atoms with van der Waals surface area (Å²) in [6.45, 7) is 8.81. The van der Waals surface area contributed by atoms with Crippen LogP contribution in [0.5, 0.6) is 0 Å². The fraction of sp³-hybridized carbons (Fsp3) is 0.643. The van der Waals surface area contributed by atoms with Crippen molar-refractivity contribution in [1.29, 1.82) is 0 Å². The Balaban J connectivity index is 2.87. The minimum Gasteiger partial charge on any atom is -0.353 e. The van der Waals surface area contributed by atoms with E-state index >= 15 is 0 Å². The highest BCUT2D eigenvalue weighted by Crippen LogP contribution is 2.30. The molecule has 0 aliphatic carbocycles. The van der Waals surface area contributed by atoms with Gasteiger partial charge in [0.15, 0.2) is 0 Å². The van der Waals surface area contributed by atoms with E-state index in [1.54, 1.807) is 20.8 Å². The Morgan fingerprint density at radius 2 is 1.70 bits per heavy atom. The predicted octanol–water partition coefficient (Wildman–Crippen LogP) is 0.527. The number of hydrogen-bond donors (Lipinski definition) is 2. The van der Waals surface area contributed by atoms with Crippen LogP contribution in [0.3, 0.4) is 0 Å². The minimum atomic E-state index is -1.21. The van der Waals surface area contributed by atoms with Gasteiger partial charge >= 0.3 is 0 Å². The molecule has 112 valence electrons. The second kappa shape index (κ2) is 5.36. The second-order valence-electron chi connectivity index (χ2n) is 6.39. The summed E-state index contributed by atoms with van der Waals surface area (Å²) in [6.07, 6.45) is 2.56. The fourth-order valence-corrected chi connectivity index (χ4v) is 2.42. The Morgan fingerprint density at radius 1 is 1.25 bits per heavy atom. The van der Waals surface area contributed by atoms with Crippen LogP contribution in [-0.4, -0.2) is 34.3 Å². The SMILES string of the molecule is CC(C)NC(=O)C(C)(C)CC(C)(N)N1C(=O)C=CC1=O. The molecule has 3 N–H and O–H groups in total. The van der Waals surface area contributed by atoms with E-state index in [9.17, 15) is 14.4 Å². The van der Waals surface area contributed by atoms with Gasteiger partial charge in [0.1, 0.15) is 0 Å². The summed E-state index contributed by atoms with van der Waals surface area (Å²) in [7, 11) is 0. The third-order valence-electron chi connectivity index (χ3n) is 3.15. The van der Waals surface area contributed by atoms with E-state index in [2.05, 4.69) is 5.32 Å². The molecule has 20 heavy (non-hydrogen) atoms. The average Bonchev–Trinajstić information content (AvgIpc) is 2.56. The summed E-state index contributed by atoms with van der Waals surface area (Å²) >= 11 is 0. The molecule has 1 aliphatic heterocycles. The van der Waals surface area contributed by atoms with Gasteiger partial charge in [0, 0.05) is 23.6 Å². The van der Waals surface area contributed by atoms with E-state index in [1.165, 1.54) is 12.2 Å². The summed E-state index contributed by atoms with van der Waals surface area (Å²) in [5.74, 6) is -1.05. The lowest BCUT2D eigenvalue weighted by Gasteiger charge is -2.39. The van der Waals surface area contributed by atoms with Gasteiger partial charge in [-0.3, -0.25) is 19.3 Å². The lowest BCUT2D eigenvalue weighted by Crippen LogP contribution is -2.59.